The van der Waals surface area contributed by atoms with Gasteiger partial charge in [-0.15, -0.1) is 0 Å². The second kappa shape index (κ2) is 9.05. The van der Waals surface area contributed by atoms with Gasteiger partial charge in [-0.2, -0.15) is 0 Å². The van der Waals surface area contributed by atoms with Crippen molar-refractivity contribution in [2.45, 2.75) is 58.7 Å². The molecule has 148 valence electrons. The third-order valence-electron chi connectivity index (χ3n) is 5.82. The van der Waals surface area contributed by atoms with Crippen LogP contribution in [0.3, 0.4) is 0 Å². The van der Waals surface area contributed by atoms with Crippen molar-refractivity contribution in [1.29, 1.82) is 0 Å². The molecular formula is C24H30N2O2. The average Bonchev–Trinajstić information content (AvgIpc) is 2.72. The van der Waals surface area contributed by atoms with Gasteiger partial charge in [0, 0.05) is 26.1 Å². The summed E-state index contributed by atoms with van der Waals surface area (Å²) in [5, 5.41) is 0. The molecule has 2 aromatic rings. The maximum atomic E-state index is 13.4. The van der Waals surface area contributed by atoms with Gasteiger partial charge < -0.3 is 9.80 Å². The predicted molar refractivity (Wildman–Crippen MR) is 112 cm³/mol. The van der Waals surface area contributed by atoms with Gasteiger partial charge in [0.1, 0.15) is 0 Å². The molecule has 28 heavy (non-hydrogen) atoms. The smallest absolute Gasteiger partial charge is 0.225 e. The Balaban J connectivity index is 1.85. The molecule has 0 fully saturated rings. The minimum absolute atomic E-state index is 0.0328. The van der Waals surface area contributed by atoms with Crippen LogP contribution in [0.2, 0.25) is 0 Å². The Morgan fingerprint density at radius 2 is 1.79 bits per heavy atom. The highest BCUT2D eigenvalue weighted by atomic mass is 16.2. The summed E-state index contributed by atoms with van der Waals surface area (Å²) in [7, 11) is 0. The summed E-state index contributed by atoms with van der Waals surface area (Å²) >= 11 is 0. The highest BCUT2D eigenvalue weighted by Crippen LogP contribution is 2.33. The number of nitrogens with zero attached hydrogens (tertiary/aromatic N) is 2. The van der Waals surface area contributed by atoms with E-state index < -0.39 is 0 Å². The van der Waals surface area contributed by atoms with E-state index in [0.717, 1.165) is 24.0 Å². The molecule has 4 nitrogen and oxygen atoms in total. The predicted octanol–water partition coefficient (Wildman–Crippen LogP) is 4.35. The van der Waals surface area contributed by atoms with Gasteiger partial charge in [-0.1, -0.05) is 61.5 Å². The first kappa shape index (κ1) is 20.1. The Labute approximate surface area is 168 Å². The number of carbonyl (C=O) groups excluding carboxylic acids is 2. The minimum Gasteiger partial charge on any atom is -0.336 e. The van der Waals surface area contributed by atoms with E-state index in [1.165, 1.54) is 5.56 Å². The zero-order chi connectivity index (χ0) is 20.1. The third kappa shape index (κ3) is 4.44. The third-order valence-corrected chi connectivity index (χ3v) is 5.82. The van der Waals surface area contributed by atoms with Gasteiger partial charge in [0.15, 0.2) is 0 Å². The summed E-state index contributed by atoms with van der Waals surface area (Å²) in [6.07, 6.45) is 2.07. The molecule has 2 aromatic carbocycles. The number of benzene rings is 2. The van der Waals surface area contributed by atoms with Crippen LogP contribution in [0.15, 0.2) is 54.6 Å². The molecule has 0 bridgehead atoms. The van der Waals surface area contributed by atoms with E-state index in [0.29, 0.717) is 19.5 Å². The summed E-state index contributed by atoms with van der Waals surface area (Å²) in [4.78, 5) is 29.5. The van der Waals surface area contributed by atoms with Crippen LogP contribution in [0, 0.1) is 0 Å². The lowest BCUT2D eigenvalue weighted by molar-refractivity contribution is -0.138. The summed E-state index contributed by atoms with van der Waals surface area (Å²) in [5.74, 6) is 0.136. The van der Waals surface area contributed by atoms with Crippen LogP contribution in [0.4, 0.5) is 0 Å². The molecular weight excluding hydrogens is 348 g/mol. The zero-order valence-corrected chi connectivity index (χ0v) is 17.1. The van der Waals surface area contributed by atoms with Gasteiger partial charge >= 0.3 is 0 Å². The first-order valence-corrected chi connectivity index (χ1v) is 10.2. The summed E-state index contributed by atoms with van der Waals surface area (Å²) in [6, 6.07) is 18.3. The fourth-order valence-corrected chi connectivity index (χ4v) is 4.02. The molecule has 0 aliphatic carbocycles. The van der Waals surface area contributed by atoms with E-state index in [1.54, 1.807) is 6.92 Å². The number of hydrogen-bond donors (Lipinski definition) is 0. The molecule has 1 aliphatic rings. The lowest BCUT2D eigenvalue weighted by atomic mass is 9.90. The van der Waals surface area contributed by atoms with Crippen molar-refractivity contribution in [3.05, 3.63) is 71.3 Å². The normalized spacial score (nSPS) is 17.0. The molecule has 0 aromatic heterocycles. The quantitative estimate of drug-likeness (QED) is 0.750. The molecule has 0 spiro atoms. The van der Waals surface area contributed by atoms with Crippen LogP contribution in [0.25, 0.3) is 0 Å². The maximum Gasteiger partial charge on any atom is 0.225 e. The topological polar surface area (TPSA) is 40.6 Å². The van der Waals surface area contributed by atoms with Crippen molar-refractivity contribution in [3.8, 4) is 0 Å². The molecule has 4 heteroatoms. The summed E-state index contributed by atoms with van der Waals surface area (Å²) in [6.45, 7) is 7.07. The molecule has 0 N–H and O–H groups in total. The van der Waals surface area contributed by atoms with E-state index in [4.69, 9.17) is 0 Å². The van der Waals surface area contributed by atoms with Crippen LogP contribution < -0.4 is 0 Å². The van der Waals surface area contributed by atoms with Crippen LogP contribution in [-0.2, 0) is 22.6 Å². The first-order valence-electron chi connectivity index (χ1n) is 10.2. The van der Waals surface area contributed by atoms with Crippen molar-refractivity contribution in [1.82, 2.24) is 9.80 Å². The average molecular weight is 379 g/mol. The van der Waals surface area contributed by atoms with E-state index in [1.807, 2.05) is 40.1 Å². The molecule has 0 saturated carbocycles. The van der Waals surface area contributed by atoms with E-state index in [2.05, 4.69) is 38.1 Å². The number of carbonyl (C=O) groups is 2. The molecule has 2 unspecified atom stereocenters. The van der Waals surface area contributed by atoms with Crippen LogP contribution >= 0.6 is 0 Å². The Morgan fingerprint density at radius 3 is 2.46 bits per heavy atom. The molecule has 0 radical (unpaired) electrons. The molecule has 1 heterocycles. The summed E-state index contributed by atoms with van der Waals surface area (Å²) in [5.41, 5.74) is 3.49. The van der Waals surface area contributed by atoms with Crippen molar-refractivity contribution in [2.75, 3.05) is 6.54 Å². The number of rotatable bonds is 6. The van der Waals surface area contributed by atoms with Crippen LogP contribution in [0.1, 0.15) is 56.3 Å². The Hall–Kier alpha value is -2.62. The van der Waals surface area contributed by atoms with E-state index in [-0.39, 0.29) is 23.9 Å². The number of amides is 2. The maximum absolute atomic E-state index is 13.4. The lowest BCUT2D eigenvalue weighted by Gasteiger charge is -2.38. The largest absolute Gasteiger partial charge is 0.336 e. The van der Waals surface area contributed by atoms with Crippen molar-refractivity contribution in [3.63, 3.8) is 0 Å². The van der Waals surface area contributed by atoms with Gasteiger partial charge in [-0.3, -0.25) is 9.59 Å². The molecule has 1 aliphatic heterocycles. The zero-order valence-electron chi connectivity index (χ0n) is 17.1. The van der Waals surface area contributed by atoms with E-state index in [9.17, 15) is 9.59 Å². The Morgan fingerprint density at radius 1 is 1.11 bits per heavy atom. The van der Waals surface area contributed by atoms with E-state index >= 15 is 0 Å². The number of fused-ring (bicyclic) bond motifs is 1. The molecule has 0 saturated heterocycles. The van der Waals surface area contributed by atoms with Gasteiger partial charge in [-0.25, -0.2) is 0 Å². The fraction of sp³-hybridized carbons (Fsp3) is 0.417. The highest BCUT2D eigenvalue weighted by Gasteiger charge is 2.32. The van der Waals surface area contributed by atoms with Crippen LogP contribution in [0.5, 0.6) is 0 Å². The lowest BCUT2D eigenvalue weighted by Crippen LogP contribution is -2.44. The fourth-order valence-electron chi connectivity index (χ4n) is 4.02. The van der Waals surface area contributed by atoms with Crippen molar-refractivity contribution < 1.29 is 9.59 Å². The highest BCUT2D eigenvalue weighted by molar-refractivity contribution is 5.80. The van der Waals surface area contributed by atoms with Crippen molar-refractivity contribution in [2.24, 2.45) is 0 Å². The second-order valence-corrected chi connectivity index (χ2v) is 7.65. The van der Waals surface area contributed by atoms with Gasteiger partial charge in [0.05, 0.1) is 12.5 Å². The monoisotopic (exact) mass is 378 g/mol. The SMILES string of the molecule is CCC(C)N(Cc1ccccc1)C(=O)CC1c2ccccc2CCN1C(C)=O. The Bertz CT molecular complexity index is 818. The van der Waals surface area contributed by atoms with Gasteiger partial charge in [-0.05, 0) is 36.5 Å². The molecule has 2 atom stereocenters. The second-order valence-electron chi connectivity index (χ2n) is 7.65. The molecule has 3 rings (SSSR count). The first-order chi connectivity index (χ1) is 13.5. The van der Waals surface area contributed by atoms with Crippen LogP contribution in [-0.4, -0.2) is 34.2 Å². The standard InChI is InChI=1S/C24H30N2O2/c1-4-18(2)26(17-20-10-6-5-7-11-20)24(28)16-23-22-13-9-8-12-21(22)14-15-25(23)19(3)27/h5-13,18,23H,4,14-17H2,1-3H3. The molecule has 2 amide bonds. The summed E-state index contributed by atoms with van der Waals surface area (Å²) < 4.78 is 0. The Kier molecular flexibility index (Phi) is 6.50. The minimum atomic E-state index is -0.183. The van der Waals surface area contributed by atoms with Gasteiger partial charge in [0.2, 0.25) is 11.8 Å². The van der Waals surface area contributed by atoms with Crippen molar-refractivity contribution >= 4 is 11.8 Å². The number of hydrogen-bond acceptors (Lipinski definition) is 2. The van der Waals surface area contributed by atoms with Gasteiger partial charge in [0.25, 0.3) is 0 Å².